The topological polar surface area (TPSA) is 114 Å². The van der Waals surface area contributed by atoms with E-state index in [2.05, 4.69) is 25.2 Å². The van der Waals surface area contributed by atoms with Crippen LogP contribution in [-0.4, -0.2) is 89.4 Å². The molecule has 0 spiro atoms. The smallest absolute Gasteiger partial charge is 0.410 e. The molecule has 0 saturated carbocycles. The number of nitrogens with one attached hydrogen (secondary N) is 1. The highest BCUT2D eigenvalue weighted by Gasteiger charge is 2.30. The number of esters is 1. The number of nitrogens with zero attached hydrogens (tertiary/aromatic N) is 4. The molecule has 2 saturated heterocycles. The lowest BCUT2D eigenvalue weighted by Crippen LogP contribution is -2.45. The zero-order chi connectivity index (χ0) is 24.0. The van der Waals surface area contributed by atoms with E-state index in [0.717, 1.165) is 43.8 Å². The number of likely N-dealkylation sites (tertiary alicyclic amines) is 2. The molecular weight excluding hydrogens is 446 g/mol. The van der Waals surface area contributed by atoms with Crippen LogP contribution in [0.5, 0.6) is 0 Å². The number of ether oxygens (including phenoxy) is 2. The molecule has 2 aliphatic rings. The third kappa shape index (κ3) is 7.63. The second kappa shape index (κ2) is 11.2. The van der Waals surface area contributed by atoms with Gasteiger partial charge in [-0.25, -0.2) is 4.79 Å². The average Bonchev–Trinajstić information content (AvgIpc) is 3.28. The van der Waals surface area contributed by atoms with Gasteiger partial charge in [-0.05, 0) is 46.5 Å². The van der Waals surface area contributed by atoms with E-state index >= 15 is 0 Å². The van der Waals surface area contributed by atoms with Crippen LogP contribution in [0.2, 0.25) is 0 Å². The van der Waals surface area contributed by atoms with Crippen molar-refractivity contribution >= 4 is 29.3 Å². The third-order valence-corrected chi connectivity index (χ3v) is 7.00. The Morgan fingerprint density at radius 1 is 1.06 bits per heavy atom. The van der Waals surface area contributed by atoms with E-state index in [-0.39, 0.29) is 29.9 Å². The predicted molar refractivity (Wildman–Crippen MR) is 123 cm³/mol. The molecule has 2 amide bonds. The Morgan fingerprint density at radius 2 is 1.73 bits per heavy atom. The second-order valence-electron chi connectivity index (χ2n) is 9.60. The molecule has 2 aliphatic heterocycles. The molecule has 0 aliphatic carbocycles. The van der Waals surface area contributed by atoms with E-state index in [1.807, 2.05) is 20.8 Å². The third-order valence-electron chi connectivity index (χ3n) is 5.91. The maximum absolute atomic E-state index is 12.7. The van der Waals surface area contributed by atoms with Crippen molar-refractivity contribution in [2.75, 3.05) is 39.8 Å². The van der Waals surface area contributed by atoms with E-state index in [4.69, 9.17) is 4.74 Å². The summed E-state index contributed by atoms with van der Waals surface area (Å²) in [7, 11) is 1.40. The average molecular weight is 482 g/mol. The number of amides is 2. The van der Waals surface area contributed by atoms with Crippen molar-refractivity contribution in [3.05, 3.63) is 10.0 Å². The fourth-order valence-corrected chi connectivity index (χ4v) is 4.94. The lowest BCUT2D eigenvalue weighted by Gasteiger charge is -2.32. The number of piperidine rings is 2. The molecule has 0 atom stereocenters. The highest BCUT2D eigenvalue weighted by molar-refractivity contribution is 7.13. The number of carbonyl (C=O) groups is 3. The number of carbonyl (C=O) groups excluding carboxylic acids is 3. The van der Waals surface area contributed by atoms with Crippen molar-refractivity contribution in [3.63, 3.8) is 0 Å². The van der Waals surface area contributed by atoms with Gasteiger partial charge in [-0.2, -0.15) is 0 Å². The Labute approximate surface area is 199 Å². The van der Waals surface area contributed by atoms with Crippen LogP contribution in [0, 0.1) is 0 Å². The number of aromatic nitrogens is 2. The van der Waals surface area contributed by atoms with Crippen molar-refractivity contribution in [3.8, 4) is 0 Å². The zero-order valence-electron chi connectivity index (χ0n) is 20.0. The van der Waals surface area contributed by atoms with Crippen molar-refractivity contribution < 1.29 is 23.9 Å². The van der Waals surface area contributed by atoms with Crippen molar-refractivity contribution in [2.45, 2.75) is 70.4 Å². The summed E-state index contributed by atoms with van der Waals surface area (Å²) >= 11 is 1.34. The van der Waals surface area contributed by atoms with Crippen molar-refractivity contribution in [1.82, 2.24) is 25.3 Å². The summed E-state index contributed by atoms with van der Waals surface area (Å²) in [5.74, 6) is -0.188. The van der Waals surface area contributed by atoms with Crippen LogP contribution in [0.4, 0.5) is 4.79 Å². The first kappa shape index (κ1) is 25.4. The lowest BCUT2D eigenvalue weighted by atomic mass is 9.98. The van der Waals surface area contributed by atoms with Crippen LogP contribution in [-0.2, 0) is 14.3 Å². The first-order valence-electron chi connectivity index (χ1n) is 11.6. The van der Waals surface area contributed by atoms with Gasteiger partial charge in [0, 0.05) is 44.7 Å². The molecule has 0 radical (unpaired) electrons. The first-order chi connectivity index (χ1) is 15.6. The van der Waals surface area contributed by atoms with E-state index in [0.29, 0.717) is 31.1 Å². The first-order valence-corrected chi connectivity index (χ1v) is 12.4. The fraction of sp³-hybridized carbons (Fsp3) is 0.773. The highest BCUT2D eigenvalue weighted by atomic mass is 32.1. The second-order valence-corrected chi connectivity index (χ2v) is 10.6. The van der Waals surface area contributed by atoms with Gasteiger partial charge in [0.2, 0.25) is 5.01 Å². The van der Waals surface area contributed by atoms with Gasteiger partial charge in [0.15, 0.2) is 0 Å². The Bertz CT molecular complexity index is 823. The van der Waals surface area contributed by atoms with Gasteiger partial charge in [-0.1, -0.05) is 11.3 Å². The summed E-state index contributed by atoms with van der Waals surface area (Å²) in [6.45, 7) is 9.14. The van der Waals surface area contributed by atoms with Crippen LogP contribution in [0.3, 0.4) is 0 Å². The molecule has 3 rings (SSSR count). The summed E-state index contributed by atoms with van der Waals surface area (Å²) in [6, 6.07) is 0.0938. The Kier molecular flexibility index (Phi) is 8.63. The molecule has 1 aromatic heterocycles. The van der Waals surface area contributed by atoms with Crippen LogP contribution < -0.4 is 5.32 Å². The lowest BCUT2D eigenvalue weighted by molar-refractivity contribution is -0.141. The van der Waals surface area contributed by atoms with E-state index in [9.17, 15) is 14.4 Å². The molecule has 1 N–H and O–H groups in total. The molecule has 184 valence electrons. The fourth-order valence-electron chi connectivity index (χ4n) is 4.03. The van der Waals surface area contributed by atoms with E-state index in [1.54, 1.807) is 4.90 Å². The van der Waals surface area contributed by atoms with Gasteiger partial charge in [-0.3, -0.25) is 9.59 Å². The monoisotopic (exact) mass is 481 g/mol. The summed E-state index contributed by atoms with van der Waals surface area (Å²) in [5, 5.41) is 12.7. The SMILES string of the molecule is COC(=O)CCN1CCC(NC(=O)c2nnc(C3CCN(C(=O)OC(C)(C)C)CC3)s2)CC1. The molecular formula is C22H35N5O5S. The van der Waals surface area contributed by atoms with Gasteiger partial charge >= 0.3 is 12.1 Å². The van der Waals surface area contributed by atoms with Gasteiger partial charge in [0.1, 0.15) is 10.6 Å². The van der Waals surface area contributed by atoms with Crippen LogP contribution in [0.15, 0.2) is 0 Å². The molecule has 0 unspecified atom stereocenters. The molecule has 1 aromatic rings. The zero-order valence-corrected chi connectivity index (χ0v) is 20.8. The van der Waals surface area contributed by atoms with E-state index in [1.165, 1.54) is 18.4 Å². The summed E-state index contributed by atoms with van der Waals surface area (Å²) in [5.41, 5.74) is -0.505. The van der Waals surface area contributed by atoms with E-state index < -0.39 is 5.60 Å². The number of methoxy groups -OCH3 is 1. The van der Waals surface area contributed by atoms with Gasteiger partial charge in [0.25, 0.3) is 5.91 Å². The minimum atomic E-state index is -0.505. The Balaban J connectivity index is 1.42. The Hall–Kier alpha value is -2.27. The molecule has 11 heteroatoms. The highest BCUT2D eigenvalue weighted by Crippen LogP contribution is 2.30. The number of hydrogen-bond acceptors (Lipinski definition) is 9. The van der Waals surface area contributed by atoms with Crippen LogP contribution in [0.1, 0.15) is 73.6 Å². The number of hydrogen-bond donors (Lipinski definition) is 1. The van der Waals surface area contributed by atoms with Crippen molar-refractivity contribution in [2.24, 2.45) is 0 Å². The maximum atomic E-state index is 12.7. The van der Waals surface area contributed by atoms with Gasteiger partial charge in [0.05, 0.1) is 13.5 Å². The molecule has 0 aromatic carbocycles. The summed E-state index contributed by atoms with van der Waals surface area (Å²) < 4.78 is 10.1. The summed E-state index contributed by atoms with van der Waals surface area (Å²) in [6.07, 6.45) is 3.33. The number of rotatable bonds is 6. The largest absolute Gasteiger partial charge is 0.469 e. The standard InChI is InChI=1S/C22H35N5O5S/c1-22(2,3)32-21(30)27-13-5-15(6-14-27)19-24-25-20(33-19)18(29)23-16-7-10-26(11-8-16)12-9-17(28)31-4/h15-16H,5-14H2,1-4H3,(H,23,29). The van der Waals surface area contributed by atoms with Crippen LogP contribution in [0.25, 0.3) is 0 Å². The maximum Gasteiger partial charge on any atom is 0.410 e. The quantitative estimate of drug-likeness (QED) is 0.616. The van der Waals surface area contributed by atoms with Gasteiger partial charge < -0.3 is 24.6 Å². The molecule has 33 heavy (non-hydrogen) atoms. The predicted octanol–water partition coefficient (Wildman–Crippen LogP) is 2.41. The molecule has 0 bridgehead atoms. The molecule has 10 nitrogen and oxygen atoms in total. The Morgan fingerprint density at radius 3 is 2.33 bits per heavy atom. The molecule has 2 fully saturated rings. The normalized spacial score (nSPS) is 18.7. The van der Waals surface area contributed by atoms with Crippen LogP contribution >= 0.6 is 11.3 Å². The minimum Gasteiger partial charge on any atom is -0.469 e. The molecule has 3 heterocycles. The van der Waals surface area contributed by atoms with Crippen molar-refractivity contribution in [1.29, 1.82) is 0 Å². The van der Waals surface area contributed by atoms with Gasteiger partial charge in [-0.15, -0.1) is 10.2 Å². The summed E-state index contributed by atoms with van der Waals surface area (Å²) in [4.78, 5) is 40.2. The minimum absolute atomic E-state index is 0.0938.